The molecular weight excluding hydrogens is 327 g/mol. The van der Waals surface area contributed by atoms with Crippen LogP contribution in [-0.2, 0) is 0 Å². The maximum absolute atomic E-state index is 12.0. The summed E-state index contributed by atoms with van der Waals surface area (Å²) < 4.78 is 1.01. The highest BCUT2D eigenvalue weighted by Gasteiger charge is 2.15. The summed E-state index contributed by atoms with van der Waals surface area (Å²) in [5, 5.41) is 6.37. The number of nitrogens with one attached hydrogen (secondary N) is 2. The smallest absolute Gasteiger partial charge is 0.252 e. The highest BCUT2D eigenvalue weighted by atomic mass is 127. The Bertz CT molecular complexity index is 389. The third-order valence-corrected chi connectivity index (χ3v) is 4.07. The van der Waals surface area contributed by atoms with Gasteiger partial charge in [0.05, 0.1) is 5.56 Å². The molecule has 1 amide bonds. The van der Waals surface area contributed by atoms with Crippen LogP contribution >= 0.6 is 22.6 Å². The van der Waals surface area contributed by atoms with Crippen molar-refractivity contribution in [2.45, 2.75) is 12.8 Å². The Morgan fingerprint density at radius 3 is 2.76 bits per heavy atom. The van der Waals surface area contributed by atoms with Gasteiger partial charge in [-0.15, -0.1) is 0 Å². The number of hydrogen-bond donors (Lipinski definition) is 2. The summed E-state index contributed by atoms with van der Waals surface area (Å²) in [6.45, 7) is 2.94. The SMILES string of the molecule is O=C(NCC1CCNCC1)c1ccccc1I. The average molecular weight is 344 g/mol. The monoisotopic (exact) mass is 344 g/mol. The summed E-state index contributed by atoms with van der Waals surface area (Å²) >= 11 is 2.20. The van der Waals surface area contributed by atoms with Crippen molar-refractivity contribution < 1.29 is 4.79 Å². The van der Waals surface area contributed by atoms with Crippen LogP contribution in [0, 0.1) is 9.49 Å². The molecule has 4 heteroatoms. The van der Waals surface area contributed by atoms with E-state index in [1.165, 1.54) is 0 Å². The summed E-state index contributed by atoms with van der Waals surface area (Å²) in [5.74, 6) is 0.676. The van der Waals surface area contributed by atoms with Crippen LogP contribution in [0.5, 0.6) is 0 Å². The van der Waals surface area contributed by atoms with Gasteiger partial charge in [0.2, 0.25) is 0 Å². The van der Waals surface area contributed by atoms with Gasteiger partial charge in [0.1, 0.15) is 0 Å². The predicted molar refractivity (Wildman–Crippen MR) is 77.1 cm³/mol. The zero-order valence-corrected chi connectivity index (χ0v) is 11.9. The normalized spacial score (nSPS) is 16.8. The lowest BCUT2D eigenvalue weighted by atomic mass is 9.98. The van der Waals surface area contributed by atoms with E-state index in [0.29, 0.717) is 5.92 Å². The topological polar surface area (TPSA) is 41.1 Å². The third-order valence-electron chi connectivity index (χ3n) is 3.13. The van der Waals surface area contributed by atoms with Gasteiger partial charge >= 0.3 is 0 Å². The van der Waals surface area contributed by atoms with Crippen molar-refractivity contribution in [1.82, 2.24) is 10.6 Å². The van der Waals surface area contributed by atoms with E-state index in [9.17, 15) is 4.79 Å². The van der Waals surface area contributed by atoms with Gasteiger partial charge in [0.25, 0.3) is 5.91 Å². The second kappa shape index (κ2) is 6.35. The van der Waals surface area contributed by atoms with Crippen molar-refractivity contribution in [3.05, 3.63) is 33.4 Å². The lowest BCUT2D eigenvalue weighted by molar-refractivity contribution is 0.0943. The molecule has 17 heavy (non-hydrogen) atoms. The van der Waals surface area contributed by atoms with Crippen LogP contribution < -0.4 is 10.6 Å². The van der Waals surface area contributed by atoms with Crippen molar-refractivity contribution in [1.29, 1.82) is 0 Å². The van der Waals surface area contributed by atoms with Crippen LogP contribution in [0.15, 0.2) is 24.3 Å². The minimum absolute atomic E-state index is 0.0496. The minimum Gasteiger partial charge on any atom is -0.352 e. The molecule has 0 aromatic heterocycles. The van der Waals surface area contributed by atoms with Crippen LogP contribution in [-0.4, -0.2) is 25.5 Å². The zero-order chi connectivity index (χ0) is 12.1. The fraction of sp³-hybridized carbons (Fsp3) is 0.462. The second-order valence-electron chi connectivity index (χ2n) is 4.38. The van der Waals surface area contributed by atoms with Crippen LogP contribution in [0.2, 0.25) is 0 Å². The summed E-state index contributed by atoms with van der Waals surface area (Å²) in [6.07, 6.45) is 2.32. The quantitative estimate of drug-likeness (QED) is 0.824. The number of carbonyl (C=O) groups excluding carboxylic acids is 1. The van der Waals surface area contributed by atoms with Gasteiger partial charge in [-0.1, -0.05) is 12.1 Å². The molecule has 0 aliphatic carbocycles. The second-order valence-corrected chi connectivity index (χ2v) is 5.55. The van der Waals surface area contributed by atoms with E-state index >= 15 is 0 Å². The number of amides is 1. The molecule has 3 nitrogen and oxygen atoms in total. The van der Waals surface area contributed by atoms with E-state index in [4.69, 9.17) is 0 Å². The maximum atomic E-state index is 12.0. The Morgan fingerprint density at radius 1 is 1.35 bits per heavy atom. The van der Waals surface area contributed by atoms with E-state index in [2.05, 4.69) is 33.2 Å². The van der Waals surface area contributed by atoms with E-state index in [-0.39, 0.29) is 5.91 Å². The molecule has 0 spiro atoms. The highest BCUT2D eigenvalue weighted by molar-refractivity contribution is 14.1. The van der Waals surface area contributed by atoms with Gasteiger partial charge in [-0.05, 0) is 66.6 Å². The third kappa shape index (κ3) is 3.67. The van der Waals surface area contributed by atoms with Gasteiger partial charge < -0.3 is 10.6 Å². The Balaban J connectivity index is 1.87. The van der Waals surface area contributed by atoms with Crippen LogP contribution in [0.4, 0.5) is 0 Å². The molecule has 2 rings (SSSR count). The average Bonchev–Trinajstić information content (AvgIpc) is 2.38. The fourth-order valence-corrected chi connectivity index (χ4v) is 2.70. The van der Waals surface area contributed by atoms with Crippen LogP contribution in [0.3, 0.4) is 0 Å². The fourth-order valence-electron chi connectivity index (χ4n) is 2.06. The van der Waals surface area contributed by atoms with Gasteiger partial charge in [0, 0.05) is 10.1 Å². The number of halogens is 1. The molecule has 0 saturated carbocycles. The Labute approximate surface area is 116 Å². The number of piperidine rings is 1. The van der Waals surface area contributed by atoms with E-state index in [1.807, 2.05) is 24.3 Å². The molecule has 1 aromatic carbocycles. The summed E-state index contributed by atoms with van der Waals surface area (Å²) in [6, 6.07) is 7.69. The Hall–Kier alpha value is -0.620. The van der Waals surface area contributed by atoms with E-state index < -0.39 is 0 Å². The molecule has 0 bridgehead atoms. The molecule has 0 atom stereocenters. The molecular formula is C13H17IN2O. The number of carbonyl (C=O) groups is 1. The van der Waals surface area contributed by atoms with Gasteiger partial charge in [-0.2, -0.15) is 0 Å². The van der Waals surface area contributed by atoms with Crippen molar-refractivity contribution in [2.24, 2.45) is 5.92 Å². The van der Waals surface area contributed by atoms with Crippen molar-refractivity contribution in [3.8, 4) is 0 Å². The van der Waals surface area contributed by atoms with Crippen LogP contribution in [0.1, 0.15) is 23.2 Å². The predicted octanol–water partition coefficient (Wildman–Crippen LogP) is 2.02. The lowest BCUT2D eigenvalue weighted by Gasteiger charge is -2.22. The zero-order valence-electron chi connectivity index (χ0n) is 9.71. The van der Waals surface area contributed by atoms with Gasteiger partial charge in [0.15, 0.2) is 0 Å². The highest BCUT2D eigenvalue weighted by Crippen LogP contribution is 2.13. The van der Waals surface area contributed by atoms with E-state index in [0.717, 1.165) is 41.6 Å². The largest absolute Gasteiger partial charge is 0.352 e. The molecule has 0 unspecified atom stereocenters. The first-order chi connectivity index (χ1) is 8.27. The summed E-state index contributed by atoms with van der Waals surface area (Å²) in [5.41, 5.74) is 0.780. The number of benzene rings is 1. The van der Waals surface area contributed by atoms with Gasteiger partial charge in [-0.3, -0.25) is 4.79 Å². The molecule has 92 valence electrons. The Morgan fingerprint density at radius 2 is 2.06 bits per heavy atom. The number of rotatable bonds is 3. The maximum Gasteiger partial charge on any atom is 0.252 e. The van der Waals surface area contributed by atoms with E-state index in [1.54, 1.807) is 0 Å². The van der Waals surface area contributed by atoms with Crippen molar-refractivity contribution >= 4 is 28.5 Å². The lowest BCUT2D eigenvalue weighted by Crippen LogP contribution is -2.36. The summed E-state index contributed by atoms with van der Waals surface area (Å²) in [4.78, 5) is 12.0. The summed E-state index contributed by atoms with van der Waals surface area (Å²) in [7, 11) is 0. The molecule has 1 fully saturated rings. The molecule has 0 radical (unpaired) electrons. The van der Waals surface area contributed by atoms with Crippen molar-refractivity contribution in [3.63, 3.8) is 0 Å². The first-order valence-corrected chi connectivity index (χ1v) is 7.08. The van der Waals surface area contributed by atoms with Crippen LogP contribution in [0.25, 0.3) is 0 Å². The van der Waals surface area contributed by atoms with Gasteiger partial charge in [-0.25, -0.2) is 0 Å². The van der Waals surface area contributed by atoms with Crippen molar-refractivity contribution in [2.75, 3.05) is 19.6 Å². The standard InChI is InChI=1S/C13H17IN2O/c14-12-4-2-1-3-11(12)13(17)16-9-10-5-7-15-8-6-10/h1-4,10,15H,5-9H2,(H,16,17). The molecule has 1 heterocycles. The minimum atomic E-state index is 0.0496. The molecule has 1 aliphatic rings. The first kappa shape index (κ1) is 12.8. The Kier molecular flexibility index (Phi) is 4.79. The number of hydrogen-bond acceptors (Lipinski definition) is 2. The first-order valence-electron chi connectivity index (χ1n) is 6.01. The molecule has 1 aromatic rings. The molecule has 1 saturated heterocycles. The molecule has 2 N–H and O–H groups in total. The molecule has 1 aliphatic heterocycles.